The van der Waals surface area contributed by atoms with Crippen molar-refractivity contribution >= 4 is 21.6 Å². The molecule has 37 heavy (non-hydrogen) atoms. The molecular formula is C30H38N2O4S. The van der Waals surface area contributed by atoms with Gasteiger partial charge in [0.1, 0.15) is 12.3 Å². The number of carbonyl (C=O) groups excluding carboxylic acids is 1. The van der Waals surface area contributed by atoms with E-state index in [1.807, 2.05) is 43.3 Å². The van der Waals surface area contributed by atoms with Crippen LogP contribution in [0.1, 0.15) is 62.8 Å². The van der Waals surface area contributed by atoms with Crippen molar-refractivity contribution in [1.82, 2.24) is 5.32 Å². The van der Waals surface area contributed by atoms with Gasteiger partial charge in [0, 0.05) is 0 Å². The molecule has 1 atom stereocenters. The Morgan fingerprint density at radius 1 is 0.865 bits per heavy atom. The number of rotatable bonds is 11. The molecule has 0 saturated carbocycles. The fourth-order valence-corrected chi connectivity index (χ4v) is 5.56. The highest BCUT2D eigenvalue weighted by molar-refractivity contribution is 7.92. The van der Waals surface area contributed by atoms with Crippen molar-refractivity contribution in [2.45, 2.75) is 57.9 Å². The van der Waals surface area contributed by atoms with Crippen LogP contribution >= 0.6 is 0 Å². The van der Waals surface area contributed by atoms with Gasteiger partial charge in [0.05, 0.1) is 23.7 Å². The van der Waals surface area contributed by atoms with Gasteiger partial charge in [-0.25, -0.2) is 8.42 Å². The van der Waals surface area contributed by atoms with Crippen LogP contribution in [0, 0.1) is 12.8 Å². The zero-order chi connectivity index (χ0) is 27.2. The summed E-state index contributed by atoms with van der Waals surface area (Å²) in [7, 11) is -2.37. The van der Waals surface area contributed by atoms with Crippen molar-refractivity contribution in [3.63, 3.8) is 0 Å². The number of benzene rings is 3. The summed E-state index contributed by atoms with van der Waals surface area (Å²) in [6.45, 7) is 9.91. The summed E-state index contributed by atoms with van der Waals surface area (Å²) in [4.78, 5) is 13.5. The van der Waals surface area contributed by atoms with Gasteiger partial charge in [0.25, 0.3) is 10.0 Å². The van der Waals surface area contributed by atoms with Gasteiger partial charge in [-0.15, -0.1) is 0 Å². The molecule has 3 aromatic carbocycles. The molecule has 0 aliphatic heterocycles. The third kappa shape index (κ3) is 7.35. The van der Waals surface area contributed by atoms with E-state index < -0.39 is 10.0 Å². The number of carbonyl (C=O) groups is 1. The quantitative estimate of drug-likeness (QED) is 0.324. The summed E-state index contributed by atoms with van der Waals surface area (Å²) >= 11 is 0. The molecule has 6 nitrogen and oxygen atoms in total. The van der Waals surface area contributed by atoms with Gasteiger partial charge in [0.2, 0.25) is 5.91 Å². The van der Waals surface area contributed by atoms with E-state index in [0.29, 0.717) is 23.9 Å². The first kappa shape index (κ1) is 28.3. The minimum absolute atomic E-state index is 0.146. The third-order valence-corrected chi connectivity index (χ3v) is 8.09. The molecule has 198 valence electrons. The first-order chi connectivity index (χ1) is 17.5. The summed E-state index contributed by atoms with van der Waals surface area (Å²) in [6.07, 6.45) is 0.714. The SMILES string of the molecule is COc1ccc(C(CC(C)C)NC(=O)CN(c2ccc(C(C)C)cc2)S(=O)(=O)c2ccc(C)cc2)cc1. The number of hydrogen-bond donors (Lipinski definition) is 1. The maximum atomic E-state index is 13.7. The molecular weight excluding hydrogens is 484 g/mol. The predicted octanol–water partition coefficient (Wildman–Crippen LogP) is 6.23. The van der Waals surface area contributed by atoms with E-state index in [1.54, 1.807) is 43.5 Å². The van der Waals surface area contributed by atoms with Crippen LogP contribution in [-0.2, 0) is 14.8 Å². The minimum atomic E-state index is -3.98. The Labute approximate surface area is 221 Å². The highest BCUT2D eigenvalue weighted by Crippen LogP contribution is 2.27. The number of amides is 1. The van der Waals surface area contributed by atoms with Crippen molar-refractivity contribution in [2.24, 2.45) is 5.92 Å². The molecule has 0 saturated heterocycles. The first-order valence-corrected chi connectivity index (χ1v) is 14.1. The summed E-state index contributed by atoms with van der Waals surface area (Å²) < 4.78 is 33.9. The van der Waals surface area contributed by atoms with Crippen LogP contribution in [0.15, 0.2) is 77.7 Å². The van der Waals surface area contributed by atoms with Gasteiger partial charge in [-0.1, -0.05) is 69.7 Å². The number of nitrogens with one attached hydrogen (secondary N) is 1. The van der Waals surface area contributed by atoms with Gasteiger partial charge >= 0.3 is 0 Å². The normalized spacial score (nSPS) is 12.4. The van der Waals surface area contributed by atoms with Crippen LogP contribution in [0.5, 0.6) is 5.75 Å². The van der Waals surface area contributed by atoms with Gasteiger partial charge in [0.15, 0.2) is 0 Å². The average molecular weight is 523 g/mol. The monoisotopic (exact) mass is 522 g/mol. The van der Waals surface area contributed by atoms with Crippen molar-refractivity contribution in [1.29, 1.82) is 0 Å². The molecule has 3 aromatic rings. The second-order valence-electron chi connectivity index (χ2n) is 10.1. The number of ether oxygens (including phenoxy) is 1. The van der Waals surface area contributed by atoms with Crippen LogP contribution in [0.2, 0.25) is 0 Å². The highest BCUT2D eigenvalue weighted by atomic mass is 32.2. The van der Waals surface area contributed by atoms with E-state index in [2.05, 4.69) is 33.0 Å². The first-order valence-electron chi connectivity index (χ1n) is 12.6. The lowest BCUT2D eigenvalue weighted by Crippen LogP contribution is -2.42. The molecule has 7 heteroatoms. The Morgan fingerprint density at radius 3 is 1.95 bits per heavy atom. The Hall–Kier alpha value is -3.32. The molecule has 0 fully saturated rings. The van der Waals surface area contributed by atoms with Crippen molar-refractivity contribution < 1.29 is 17.9 Å². The van der Waals surface area contributed by atoms with E-state index in [1.165, 1.54) is 4.31 Å². The molecule has 0 spiro atoms. The largest absolute Gasteiger partial charge is 0.497 e. The number of nitrogens with zero attached hydrogens (tertiary/aromatic N) is 1. The van der Waals surface area contributed by atoms with Crippen LogP contribution < -0.4 is 14.4 Å². The van der Waals surface area contributed by atoms with Crippen molar-refractivity contribution in [3.05, 3.63) is 89.5 Å². The van der Waals surface area contributed by atoms with Gasteiger partial charge in [-0.3, -0.25) is 9.10 Å². The standard InChI is InChI=1S/C30H38N2O4S/c1-21(2)19-29(25-11-15-27(36-6)16-12-25)31-30(33)20-32(26-13-9-24(10-14-26)22(3)4)37(34,35)28-17-7-23(5)8-18-28/h7-18,21-22,29H,19-20H2,1-6H3,(H,31,33). The van der Waals surface area contributed by atoms with E-state index in [9.17, 15) is 13.2 Å². The predicted molar refractivity (Wildman–Crippen MR) is 150 cm³/mol. The van der Waals surface area contributed by atoms with Crippen LogP contribution in [-0.4, -0.2) is 28.0 Å². The van der Waals surface area contributed by atoms with E-state index in [0.717, 1.165) is 22.4 Å². The van der Waals surface area contributed by atoms with Gasteiger partial charge in [-0.2, -0.15) is 0 Å². The lowest BCUT2D eigenvalue weighted by molar-refractivity contribution is -0.120. The van der Waals surface area contributed by atoms with Gasteiger partial charge < -0.3 is 10.1 Å². The number of hydrogen-bond acceptors (Lipinski definition) is 4. The fraction of sp³-hybridized carbons (Fsp3) is 0.367. The zero-order valence-corrected chi connectivity index (χ0v) is 23.4. The topological polar surface area (TPSA) is 75.7 Å². The maximum absolute atomic E-state index is 13.7. The Kier molecular flexibility index (Phi) is 9.38. The second-order valence-corrected chi connectivity index (χ2v) is 12.0. The highest BCUT2D eigenvalue weighted by Gasteiger charge is 2.28. The number of methoxy groups -OCH3 is 1. The van der Waals surface area contributed by atoms with E-state index in [4.69, 9.17) is 4.74 Å². The number of sulfonamides is 1. The molecule has 0 aliphatic carbocycles. The molecule has 3 rings (SSSR count). The summed E-state index contributed by atoms with van der Waals surface area (Å²) in [5.74, 6) is 0.993. The molecule has 1 unspecified atom stereocenters. The van der Waals surface area contributed by atoms with Gasteiger partial charge in [-0.05, 0) is 72.7 Å². The molecule has 0 aliphatic rings. The summed E-state index contributed by atoms with van der Waals surface area (Å²) in [5, 5.41) is 3.08. The molecule has 1 N–H and O–H groups in total. The van der Waals surface area contributed by atoms with Crippen molar-refractivity contribution in [3.8, 4) is 5.75 Å². The number of aryl methyl sites for hydroxylation is 1. The zero-order valence-electron chi connectivity index (χ0n) is 22.6. The van der Waals surface area contributed by atoms with Crippen LogP contribution in [0.25, 0.3) is 0 Å². The lowest BCUT2D eigenvalue weighted by atomic mass is 9.97. The van der Waals surface area contributed by atoms with E-state index >= 15 is 0 Å². The lowest BCUT2D eigenvalue weighted by Gasteiger charge is -2.27. The molecule has 0 radical (unpaired) electrons. The maximum Gasteiger partial charge on any atom is 0.264 e. The molecule has 0 heterocycles. The average Bonchev–Trinajstić information content (AvgIpc) is 2.87. The summed E-state index contributed by atoms with van der Waals surface area (Å²) in [5.41, 5.74) is 3.44. The third-order valence-electron chi connectivity index (χ3n) is 6.30. The number of anilines is 1. The Morgan fingerprint density at radius 2 is 1.43 bits per heavy atom. The van der Waals surface area contributed by atoms with Crippen LogP contribution in [0.4, 0.5) is 5.69 Å². The van der Waals surface area contributed by atoms with E-state index in [-0.39, 0.29) is 23.4 Å². The second kappa shape index (κ2) is 12.3. The van der Waals surface area contributed by atoms with Crippen molar-refractivity contribution in [2.75, 3.05) is 18.0 Å². The fourth-order valence-electron chi connectivity index (χ4n) is 4.13. The molecule has 0 bridgehead atoms. The Balaban J connectivity index is 1.93. The summed E-state index contributed by atoms with van der Waals surface area (Å²) in [6, 6.07) is 21.4. The minimum Gasteiger partial charge on any atom is -0.497 e. The van der Waals surface area contributed by atoms with Crippen LogP contribution in [0.3, 0.4) is 0 Å². The Bertz CT molecular complexity index is 1270. The molecule has 1 amide bonds. The smallest absolute Gasteiger partial charge is 0.264 e. The molecule has 0 aromatic heterocycles.